The van der Waals surface area contributed by atoms with Gasteiger partial charge in [-0.25, -0.2) is 4.79 Å². The van der Waals surface area contributed by atoms with Gasteiger partial charge in [0.1, 0.15) is 6.29 Å². The number of rotatable bonds is 12. The second kappa shape index (κ2) is 13.6. The first kappa shape index (κ1) is 30.4. The van der Waals surface area contributed by atoms with Crippen LogP contribution in [-0.4, -0.2) is 67.8 Å². The van der Waals surface area contributed by atoms with E-state index in [1.807, 2.05) is 30.3 Å². The monoisotopic (exact) mass is 518 g/mol. The molecular weight excluding hydrogens is 480 g/mol. The van der Waals surface area contributed by atoms with Gasteiger partial charge >= 0.3 is 11.9 Å². The predicted molar refractivity (Wildman–Crippen MR) is 135 cm³/mol. The Morgan fingerprint density at radius 1 is 1.24 bits per heavy atom. The highest BCUT2D eigenvalue weighted by Gasteiger charge is 2.59. The molecule has 1 aliphatic heterocycles. The third kappa shape index (κ3) is 7.82. The fourth-order valence-electron chi connectivity index (χ4n) is 4.44. The van der Waals surface area contributed by atoms with Crippen molar-refractivity contribution in [3.8, 4) is 0 Å². The molecule has 0 saturated carbocycles. The lowest BCUT2D eigenvalue weighted by Crippen LogP contribution is -2.63. The van der Waals surface area contributed by atoms with E-state index in [4.69, 9.17) is 23.7 Å². The fourth-order valence-corrected chi connectivity index (χ4v) is 4.44. The lowest BCUT2D eigenvalue weighted by Gasteiger charge is -2.53. The molecule has 1 heterocycles. The van der Waals surface area contributed by atoms with E-state index in [2.05, 4.69) is 0 Å². The number of methoxy groups -OCH3 is 2. The Bertz CT molecular complexity index is 969. The number of carbonyl (C=O) groups is 3. The zero-order valence-corrected chi connectivity index (χ0v) is 22.3. The smallest absolute Gasteiger partial charge is 0.330 e. The van der Waals surface area contributed by atoms with E-state index >= 15 is 0 Å². The molecule has 1 aromatic rings. The highest BCUT2D eigenvalue weighted by atomic mass is 16.7. The minimum Gasteiger partial charge on any atom is -0.466 e. The van der Waals surface area contributed by atoms with Crippen LogP contribution in [0.1, 0.15) is 46.1 Å². The number of ether oxygens (including phenoxy) is 5. The van der Waals surface area contributed by atoms with Crippen molar-refractivity contribution in [2.45, 2.75) is 77.3 Å². The lowest BCUT2D eigenvalue weighted by molar-refractivity contribution is -0.338. The van der Waals surface area contributed by atoms with Crippen molar-refractivity contribution in [1.29, 1.82) is 0 Å². The first-order valence-corrected chi connectivity index (χ1v) is 12.1. The Balaban J connectivity index is 2.39. The van der Waals surface area contributed by atoms with Crippen LogP contribution in [0.2, 0.25) is 0 Å². The van der Waals surface area contributed by atoms with Gasteiger partial charge in [-0.3, -0.25) is 9.59 Å². The second-order valence-corrected chi connectivity index (χ2v) is 9.57. The van der Waals surface area contributed by atoms with E-state index in [1.54, 1.807) is 26.8 Å². The molecule has 1 aliphatic rings. The molecule has 5 atom stereocenters. The number of hydrogen-bond acceptors (Lipinski definition) is 9. The van der Waals surface area contributed by atoms with Crippen molar-refractivity contribution in [2.24, 2.45) is 5.41 Å². The summed E-state index contributed by atoms with van der Waals surface area (Å²) in [6.45, 7) is 6.86. The van der Waals surface area contributed by atoms with Gasteiger partial charge in [-0.1, -0.05) is 50.3 Å². The Kier molecular flexibility index (Phi) is 11.2. The molecule has 37 heavy (non-hydrogen) atoms. The summed E-state index contributed by atoms with van der Waals surface area (Å²) in [4.78, 5) is 35.4. The maximum atomic E-state index is 12.2. The van der Waals surface area contributed by atoms with Gasteiger partial charge in [-0.2, -0.15) is 0 Å². The average molecular weight is 519 g/mol. The number of esters is 2. The van der Waals surface area contributed by atoms with E-state index in [9.17, 15) is 19.5 Å². The molecule has 9 nitrogen and oxygen atoms in total. The maximum absolute atomic E-state index is 12.2. The number of aliphatic hydroxyl groups is 1. The molecule has 0 unspecified atom stereocenters. The van der Waals surface area contributed by atoms with Crippen LogP contribution in [0.25, 0.3) is 0 Å². The molecule has 0 amide bonds. The first-order valence-electron chi connectivity index (χ1n) is 12.1. The van der Waals surface area contributed by atoms with Crippen LogP contribution >= 0.6 is 0 Å². The Labute approximate surface area is 218 Å². The van der Waals surface area contributed by atoms with Gasteiger partial charge in [-0.05, 0) is 30.6 Å². The van der Waals surface area contributed by atoms with Crippen molar-refractivity contribution in [3.05, 3.63) is 59.7 Å². The van der Waals surface area contributed by atoms with Crippen LogP contribution in [0.4, 0.5) is 0 Å². The molecule has 0 bridgehead atoms. The highest BCUT2D eigenvalue weighted by molar-refractivity contribution is 5.83. The Hall–Kier alpha value is -2.85. The van der Waals surface area contributed by atoms with Crippen molar-refractivity contribution in [2.75, 3.05) is 14.2 Å². The number of allylic oxidation sites excluding steroid dienone is 1. The fraction of sp³-hybridized carbons (Fsp3) is 0.536. The molecule has 1 saturated heterocycles. The van der Waals surface area contributed by atoms with Crippen LogP contribution in [0.3, 0.4) is 0 Å². The summed E-state index contributed by atoms with van der Waals surface area (Å²) in [7, 11) is 2.64. The van der Waals surface area contributed by atoms with Crippen LogP contribution in [0, 0.1) is 5.41 Å². The van der Waals surface area contributed by atoms with Crippen molar-refractivity contribution in [3.63, 3.8) is 0 Å². The third-order valence-corrected chi connectivity index (χ3v) is 6.47. The summed E-state index contributed by atoms with van der Waals surface area (Å²) in [6.07, 6.45) is 1.84. The van der Waals surface area contributed by atoms with Crippen LogP contribution in [0.5, 0.6) is 0 Å². The summed E-state index contributed by atoms with van der Waals surface area (Å²) in [5.74, 6) is -2.88. The SMILES string of the molecule is COC(=O)C=C1C[C@@H](C[C@@H](O)[C@@H](C)OCc2ccccc2)O[C@@](OC)(C(C)(C)C=CC=O)[C@H]1OC(C)=O. The molecule has 1 aromatic carbocycles. The first-order chi connectivity index (χ1) is 17.5. The molecule has 0 spiro atoms. The van der Waals surface area contributed by atoms with E-state index in [0.29, 0.717) is 18.5 Å². The van der Waals surface area contributed by atoms with Crippen LogP contribution in [0.15, 0.2) is 54.1 Å². The van der Waals surface area contributed by atoms with Gasteiger partial charge in [0, 0.05) is 31.9 Å². The molecule has 0 aromatic heterocycles. The third-order valence-electron chi connectivity index (χ3n) is 6.47. The van der Waals surface area contributed by atoms with Crippen LogP contribution in [-0.2, 0) is 44.7 Å². The maximum Gasteiger partial charge on any atom is 0.330 e. The van der Waals surface area contributed by atoms with Crippen molar-refractivity contribution in [1.82, 2.24) is 0 Å². The minimum absolute atomic E-state index is 0.139. The zero-order chi connectivity index (χ0) is 27.6. The van der Waals surface area contributed by atoms with Crippen LogP contribution < -0.4 is 0 Å². The Morgan fingerprint density at radius 2 is 1.92 bits per heavy atom. The average Bonchev–Trinajstić information content (AvgIpc) is 2.87. The molecule has 0 aliphatic carbocycles. The van der Waals surface area contributed by atoms with E-state index in [-0.39, 0.29) is 12.8 Å². The van der Waals surface area contributed by atoms with Gasteiger partial charge in [0.15, 0.2) is 6.10 Å². The van der Waals surface area contributed by atoms with Gasteiger partial charge in [0.05, 0.1) is 32.0 Å². The van der Waals surface area contributed by atoms with Crippen molar-refractivity contribution >= 4 is 18.2 Å². The standard InChI is InChI=1S/C28H38O9/c1-19(35-18-21-11-8-7-9-12-21)24(31)17-23-15-22(16-25(32)33-5)26(36-20(2)30)28(34-6,37-23)27(3,4)13-10-14-29/h7-14,16,19,23-24,26,31H,15,17-18H2,1-6H3/t19-,23+,24-,26+,28-/m1/s1. The summed E-state index contributed by atoms with van der Waals surface area (Å²) in [5, 5.41) is 11.0. The van der Waals surface area contributed by atoms with Crippen molar-refractivity contribution < 1.29 is 43.2 Å². The molecule has 0 radical (unpaired) electrons. The van der Waals surface area contributed by atoms with Gasteiger partial charge in [0.2, 0.25) is 5.79 Å². The molecular formula is C28H38O9. The van der Waals surface area contributed by atoms with E-state index in [0.717, 1.165) is 5.56 Å². The highest BCUT2D eigenvalue weighted by Crippen LogP contribution is 2.48. The molecule has 204 valence electrons. The molecule has 1 N–H and O–H groups in total. The summed E-state index contributed by atoms with van der Waals surface area (Å²) < 4.78 is 28.7. The molecule has 9 heteroatoms. The van der Waals surface area contributed by atoms with E-state index < -0.39 is 47.6 Å². The molecule has 2 rings (SSSR count). The number of carbonyl (C=O) groups excluding carboxylic acids is 3. The van der Waals surface area contributed by atoms with E-state index in [1.165, 1.54) is 33.3 Å². The largest absolute Gasteiger partial charge is 0.466 e. The normalized spacial score (nSPS) is 25.0. The number of aliphatic hydroxyl groups excluding tert-OH is 1. The number of aldehydes is 1. The predicted octanol–water partition coefficient (Wildman–Crippen LogP) is 3.29. The van der Waals surface area contributed by atoms with Gasteiger partial charge in [0.25, 0.3) is 0 Å². The lowest BCUT2D eigenvalue weighted by atomic mass is 9.74. The quantitative estimate of drug-likeness (QED) is 0.253. The minimum atomic E-state index is -1.63. The van der Waals surface area contributed by atoms with Gasteiger partial charge < -0.3 is 28.8 Å². The number of benzene rings is 1. The van der Waals surface area contributed by atoms with Gasteiger partial charge in [-0.15, -0.1) is 0 Å². The zero-order valence-electron chi connectivity index (χ0n) is 22.3. The second-order valence-electron chi connectivity index (χ2n) is 9.57. The topological polar surface area (TPSA) is 118 Å². The summed E-state index contributed by atoms with van der Waals surface area (Å²) in [6, 6.07) is 9.61. The summed E-state index contributed by atoms with van der Waals surface area (Å²) in [5.41, 5.74) is 0.361. The number of hydrogen-bond donors (Lipinski definition) is 1. The Morgan fingerprint density at radius 3 is 2.49 bits per heavy atom. The molecule has 1 fully saturated rings. The summed E-state index contributed by atoms with van der Waals surface area (Å²) >= 11 is 0.